The number of hydrogen-bond donors (Lipinski definition) is 1. The first kappa shape index (κ1) is 13.2. The van der Waals surface area contributed by atoms with Gasteiger partial charge in [0.15, 0.2) is 0 Å². The van der Waals surface area contributed by atoms with E-state index in [4.69, 9.17) is 9.26 Å². The summed E-state index contributed by atoms with van der Waals surface area (Å²) in [6.07, 6.45) is 5.84. The maximum absolute atomic E-state index is 5.80. The van der Waals surface area contributed by atoms with E-state index >= 15 is 0 Å². The zero-order valence-corrected chi connectivity index (χ0v) is 11.5. The van der Waals surface area contributed by atoms with E-state index in [0.29, 0.717) is 18.3 Å². The molecule has 1 aliphatic heterocycles. The molecule has 1 fully saturated rings. The van der Waals surface area contributed by atoms with E-state index in [2.05, 4.69) is 20.4 Å². The predicted octanol–water partition coefficient (Wildman–Crippen LogP) is 1.71. The van der Waals surface area contributed by atoms with Crippen LogP contribution in [0.15, 0.2) is 23.0 Å². The zero-order chi connectivity index (χ0) is 13.8. The largest absolute Gasteiger partial charge is 0.368 e. The molecule has 0 amide bonds. The van der Waals surface area contributed by atoms with Gasteiger partial charge in [-0.25, -0.2) is 0 Å². The Kier molecular flexibility index (Phi) is 4.03. The summed E-state index contributed by atoms with van der Waals surface area (Å²) in [6, 6.07) is 1.93. The van der Waals surface area contributed by atoms with Crippen molar-refractivity contribution in [2.24, 2.45) is 0 Å². The van der Waals surface area contributed by atoms with Gasteiger partial charge in [-0.2, -0.15) is 4.98 Å². The highest BCUT2D eigenvalue weighted by molar-refractivity contribution is 5.57. The second-order valence-corrected chi connectivity index (χ2v) is 4.96. The van der Waals surface area contributed by atoms with Crippen LogP contribution in [0, 0.1) is 6.92 Å². The molecule has 2 aromatic rings. The van der Waals surface area contributed by atoms with E-state index in [1.165, 1.54) is 0 Å². The highest BCUT2D eigenvalue weighted by atomic mass is 16.5. The summed E-state index contributed by atoms with van der Waals surface area (Å²) in [5, 5.41) is 7.30. The molecule has 0 bridgehead atoms. The van der Waals surface area contributed by atoms with E-state index in [0.717, 1.165) is 37.1 Å². The predicted molar refractivity (Wildman–Crippen MR) is 72.9 cm³/mol. The summed E-state index contributed by atoms with van der Waals surface area (Å²) in [6.45, 7) is 4.39. The van der Waals surface area contributed by atoms with Gasteiger partial charge < -0.3 is 14.6 Å². The van der Waals surface area contributed by atoms with Gasteiger partial charge in [0, 0.05) is 18.0 Å². The normalized spacial score (nSPS) is 16.4. The first-order chi connectivity index (χ1) is 9.83. The zero-order valence-electron chi connectivity index (χ0n) is 11.5. The Labute approximate surface area is 117 Å². The van der Waals surface area contributed by atoms with Crippen molar-refractivity contribution >= 4 is 0 Å². The van der Waals surface area contributed by atoms with Crippen molar-refractivity contribution in [1.29, 1.82) is 0 Å². The average molecular weight is 274 g/mol. The first-order valence-corrected chi connectivity index (χ1v) is 6.89. The Morgan fingerprint density at radius 1 is 1.40 bits per heavy atom. The molecule has 6 heteroatoms. The Bertz CT molecular complexity index is 564. The van der Waals surface area contributed by atoms with Crippen molar-refractivity contribution in [3.8, 4) is 11.4 Å². The van der Waals surface area contributed by atoms with Crippen LogP contribution in [0.2, 0.25) is 0 Å². The third-order valence-corrected chi connectivity index (χ3v) is 3.48. The van der Waals surface area contributed by atoms with Gasteiger partial charge in [-0.1, -0.05) is 5.16 Å². The van der Waals surface area contributed by atoms with Crippen LogP contribution in [0.5, 0.6) is 0 Å². The molecular weight excluding hydrogens is 256 g/mol. The molecule has 2 aromatic heterocycles. The van der Waals surface area contributed by atoms with Crippen LogP contribution in [0.4, 0.5) is 0 Å². The second-order valence-electron chi connectivity index (χ2n) is 4.96. The minimum atomic E-state index is 0.284. The Balaban J connectivity index is 1.63. The first-order valence-electron chi connectivity index (χ1n) is 6.89. The number of aromatic nitrogens is 3. The topological polar surface area (TPSA) is 73.1 Å². The van der Waals surface area contributed by atoms with E-state index in [-0.39, 0.29) is 6.10 Å². The number of pyridine rings is 1. The fourth-order valence-corrected chi connectivity index (χ4v) is 2.27. The smallest absolute Gasteiger partial charge is 0.252 e. The maximum atomic E-state index is 5.80. The molecule has 0 spiro atoms. The molecule has 1 N–H and O–H groups in total. The van der Waals surface area contributed by atoms with Crippen LogP contribution in [0.1, 0.15) is 24.3 Å². The highest BCUT2D eigenvalue weighted by Gasteiger charge is 2.16. The number of rotatable bonds is 4. The van der Waals surface area contributed by atoms with E-state index in [1.807, 2.05) is 13.0 Å². The fourth-order valence-electron chi connectivity index (χ4n) is 2.27. The standard InChI is InChI=1S/C14H18N4O2/c1-10-2-5-16-8-12(10)14-17-13(20-18-14)9-19-11-3-6-15-7-4-11/h2,5,8,11,15H,3-4,6-7,9H2,1H3. The molecule has 0 atom stereocenters. The third kappa shape index (κ3) is 3.02. The molecule has 0 saturated carbocycles. The Hall–Kier alpha value is -1.79. The van der Waals surface area contributed by atoms with Crippen molar-refractivity contribution in [2.45, 2.75) is 32.5 Å². The molecule has 1 aliphatic rings. The second kappa shape index (κ2) is 6.11. The molecule has 106 valence electrons. The Morgan fingerprint density at radius 2 is 2.25 bits per heavy atom. The summed E-state index contributed by atoms with van der Waals surface area (Å²) in [4.78, 5) is 8.46. The van der Waals surface area contributed by atoms with Gasteiger partial charge in [0.2, 0.25) is 5.82 Å². The van der Waals surface area contributed by atoms with E-state index in [9.17, 15) is 0 Å². The minimum Gasteiger partial charge on any atom is -0.368 e. The van der Waals surface area contributed by atoms with Crippen LogP contribution in [-0.4, -0.2) is 34.3 Å². The molecule has 0 unspecified atom stereocenters. The SMILES string of the molecule is Cc1ccncc1-c1noc(COC2CCNCC2)n1. The number of piperidine rings is 1. The molecular formula is C14H18N4O2. The number of aryl methyl sites for hydroxylation is 1. The van der Waals surface area contributed by atoms with Gasteiger partial charge in [-0.15, -0.1) is 0 Å². The lowest BCUT2D eigenvalue weighted by Crippen LogP contribution is -2.32. The van der Waals surface area contributed by atoms with Gasteiger partial charge in [0.1, 0.15) is 6.61 Å². The molecule has 3 heterocycles. The van der Waals surface area contributed by atoms with Crippen LogP contribution >= 0.6 is 0 Å². The Morgan fingerprint density at radius 3 is 3.05 bits per heavy atom. The van der Waals surface area contributed by atoms with E-state index in [1.54, 1.807) is 12.4 Å². The van der Waals surface area contributed by atoms with Crippen LogP contribution in [0.3, 0.4) is 0 Å². The van der Waals surface area contributed by atoms with Gasteiger partial charge in [-0.05, 0) is 44.5 Å². The lowest BCUT2D eigenvalue weighted by Gasteiger charge is -2.21. The summed E-state index contributed by atoms with van der Waals surface area (Å²) >= 11 is 0. The van der Waals surface area contributed by atoms with E-state index < -0.39 is 0 Å². The van der Waals surface area contributed by atoms with Crippen molar-refractivity contribution in [2.75, 3.05) is 13.1 Å². The summed E-state index contributed by atoms with van der Waals surface area (Å²) < 4.78 is 11.0. The minimum absolute atomic E-state index is 0.284. The van der Waals surface area contributed by atoms with Gasteiger partial charge in [0.05, 0.1) is 6.10 Å². The summed E-state index contributed by atoms with van der Waals surface area (Å²) in [5.74, 6) is 1.08. The lowest BCUT2D eigenvalue weighted by molar-refractivity contribution is 0.00859. The van der Waals surface area contributed by atoms with Crippen LogP contribution in [-0.2, 0) is 11.3 Å². The quantitative estimate of drug-likeness (QED) is 0.915. The average Bonchev–Trinajstić information content (AvgIpc) is 2.95. The van der Waals surface area contributed by atoms with Crippen molar-refractivity contribution in [3.63, 3.8) is 0 Å². The number of nitrogens with zero attached hydrogens (tertiary/aromatic N) is 3. The monoisotopic (exact) mass is 274 g/mol. The van der Waals surface area contributed by atoms with Gasteiger partial charge in [0.25, 0.3) is 5.89 Å². The molecule has 0 aliphatic carbocycles. The molecule has 3 rings (SSSR count). The van der Waals surface area contributed by atoms with Crippen molar-refractivity contribution < 1.29 is 9.26 Å². The summed E-state index contributed by atoms with van der Waals surface area (Å²) in [5.41, 5.74) is 1.97. The number of hydrogen-bond acceptors (Lipinski definition) is 6. The number of ether oxygens (including phenoxy) is 1. The third-order valence-electron chi connectivity index (χ3n) is 3.48. The molecule has 1 saturated heterocycles. The van der Waals surface area contributed by atoms with Gasteiger partial charge >= 0.3 is 0 Å². The maximum Gasteiger partial charge on any atom is 0.252 e. The van der Waals surface area contributed by atoms with Crippen LogP contribution in [0.25, 0.3) is 11.4 Å². The number of nitrogens with one attached hydrogen (secondary N) is 1. The summed E-state index contributed by atoms with van der Waals surface area (Å²) in [7, 11) is 0. The molecule has 0 radical (unpaired) electrons. The molecule has 20 heavy (non-hydrogen) atoms. The fraction of sp³-hybridized carbons (Fsp3) is 0.500. The van der Waals surface area contributed by atoms with Crippen molar-refractivity contribution in [3.05, 3.63) is 29.9 Å². The van der Waals surface area contributed by atoms with Crippen molar-refractivity contribution in [1.82, 2.24) is 20.4 Å². The molecule has 0 aromatic carbocycles. The molecule has 6 nitrogen and oxygen atoms in total. The lowest BCUT2D eigenvalue weighted by atomic mass is 10.1. The van der Waals surface area contributed by atoms with Gasteiger partial charge in [-0.3, -0.25) is 4.98 Å². The highest BCUT2D eigenvalue weighted by Crippen LogP contribution is 2.19. The van der Waals surface area contributed by atoms with Crippen LogP contribution < -0.4 is 5.32 Å².